The zero-order valence-corrected chi connectivity index (χ0v) is 17.1. The zero-order chi connectivity index (χ0) is 20.3. The van der Waals surface area contributed by atoms with Crippen LogP contribution in [0.1, 0.15) is 19.8 Å². The lowest BCUT2D eigenvalue weighted by Crippen LogP contribution is -2.42. The van der Waals surface area contributed by atoms with E-state index in [-0.39, 0.29) is 5.41 Å². The van der Waals surface area contributed by atoms with Gasteiger partial charge < -0.3 is 26.8 Å². The van der Waals surface area contributed by atoms with Crippen molar-refractivity contribution in [2.24, 2.45) is 11.1 Å². The Morgan fingerprint density at radius 2 is 2.07 bits per heavy atom. The molecule has 6 N–H and O–H groups in total. The molecule has 1 aliphatic rings. The lowest BCUT2D eigenvalue weighted by atomic mass is 9.81. The van der Waals surface area contributed by atoms with Crippen LogP contribution in [0.3, 0.4) is 0 Å². The molecular weight excluding hydrogens is 400 g/mol. The van der Waals surface area contributed by atoms with Crippen molar-refractivity contribution in [2.45, 2.75) is 29.7 Å². The second-order valence-corrected chi connectivity index (χ2v) is 8.49. The molecule has 0 atom stereocenters. The number of piperidine rings is 1. The van der Waals surface area contributed by atoms with Crippen LogP contribution in [0.4, 0.5) is 22.1 Å². The van der Waals surface area contributed by atoms with Crippen molar-refractivity contribution in [3.63, 3.8) is 0 Å². The summed E-state index contributed by atoms with van der Waals surface area (Å²) < 4.78 is 4.98. The van der Waals surface area contributed by atoms with E-state index in [4.69, 9.17) is 33.5 Å². The van der Waals surface area contributed by atoms with Gasteiger partial charge in [-0.05, 0) is 25.0 Å². The van der Waals surface area contributed by atoms with Gasteiger partial charge in [-0.1, -0.05) is 36.4 Å². The van der Waals surface area contributed by atoms with Gasteiger partial charge in [0.25, 0.3) is 0 Å². The molecular formula is C18H23ClN6O2S. The Morgan fingerprint density at radius 1 is 1.36 bits per heavy atom. The van der Waals surface area contributed by atoms with Gasteiger partial charge in [0.05, 0.1) is 23.5 Å². The highest BCUT2D eigenvalue weighted by atomic mass is 35.5. The lowest BCUT2D eigenvalue weighted by Gasteiger charge is -2.39. The van der Waals surface area contributed by atoms with Crippen molar-refractivity contribution in [1.82, 2.24) is 9.97 Å². The SMILES string of the molecule is CC1(COC(N)=O)CCN(c2cnc(Sc3cccc(N)c3Cl)c(N)n2)CC1. The summed E-state index contributed by atoms with van der Waals surface area (Å²) in [5.74, 6) is 1.06. The summed E-state index contributed by atoms with van der Waals surface area (Å²) >= 11 is 7.57. The number of rotatable bonds is 5. The number of halogens is 1. The van der Waals surface area contributed by atoms with Gasteiger partial charge in [0.15, 0.2) is 5.82 Å². The highest BCUT2D eigenvalue weighted by molar-refractivity contribution is 7.99. The third-order valence-electron chi connectivity index (χ3n) is 4.81. The van der Waals surface area contributed by atoms with Gasteiger partial charge in [-0.2, -0.15) is 0 Å². The van der Waals surface area contributed by atoms with E-state index in [1.165, 1.54) is 11.8 Å². The number of primary amides is 1. The fourth-order valence-electron chi connectivity index (χ4n) is 2.99. The van der Waals surface area contributed by atoms with E-state index < -0.39 is 6.09 Å². The number of benzene rings is 1. The number of hydrogen-bond donors (Lipinski definition) is 3. The molecule has 2 heterocycles. The highest BCUT2D eigenvalue weighted by Gasteiger charge is 2.32. The van der Waals surface area contributed by atoms with Gasteiger partial charge in [-0.3, -0.25) is 0 Å². The number of amides is 1. The Labute approximate surface area is 172 Å². The predicted molar refractivity (Wildman–Crippen MR) is 112 cm³/mol. The third-order valence-corrected chi connectivity index (χ3v) is 6.41. The van der Waals surface area contributed by atoms with Gasteiger partial charge in [-0.15, -0.1) is 0 Å². The molecule has 0 radical (unpaired) electrons. The first-order valence-electron chi connectivity index (χ1n) is 8.79. The van der Waals surface area contributed by atoms with Gasteiger partial charge in [0, 0.05) is 23.4 Å². The van der Waals surface area contributed by atoms with Crippen LogP contribution in [0.25, 0.3) is 0 Å². The van der Waals surface area contributed by atoms with Crippen LogP contribution < -0.4 is 22.1 Å². The molecule has 1 amide bonds. The van der Waals surface area contributed by atoms with Crippen molar-refractivity contribution >= 4 is 46.8 Å². The van der Waals surface area contributed by atoms with Crippen molar-refractivity contribution in [3.8, 4) is 0 Å². The van der Waals surface area contributed by atoms with E-state index in [1.54, 1.807) is 12.3 Å². The smallest absolute Gasteiger partial charge is 0.404 e. The van der Waals surface area contributed by atoms with Gasteiger partial charge >= 0.3 is 6.09 Å². The summed E-state index contributed by atoms with van der Waals surface area (Å²) in [7, 11) is 0. The van der Waals surface area contributed by atoms with E-state index in [9.17, 15) is 4.79 Å². The van der Waals surface area contributed by atoms with Crippen LogP contribution in [0.2, 0.25) is 5.02 Å². The first kappa shape index (κ1) is 20.3. The summed E-state index contributed by atoms with van der Waals surface area (Å²) in [4.78, 5) is 22.7. The molecule has 2 aromatic rings. The van der Waals surface area contributed by atoms with Gasteiger partial charge in [-0.25, -0.2) is 14.8 Å². The molecule has 1 aliphatic heterocycles. The topological polar surface area (TPSA) is 133 Å². The molecule has 1 saturated heterocycles. The highest BCUT2D eigenvalue weighted by Crippen LogP contribution is 2.38. The van der Waals surface area contributed by atoms with E-state index in [0.29, 0.717) is 28.2 Å². The van der Waals surface area contributed by atoms with Crippen LogP contribution in [0.15, 0.2) is 34.3 Å². The van der Waals surface area contributed by atoms with Crippen molar-refractivity contribution in [1.29, 1.82) is 0 Å². The van der Waals surface area contributed by atoms with E-state index in [0.717, 1.165) is 36.6 Å². The van der Waals surface area contributed by atoms with Crippen molar-refractivity contribution < 1.29 is 9.53 Å². The summed E-state index contributed by atoms with van der Waals surface area (Å²) in [6, 6.07) is 5.43. The Kier molecular flexibility index (Phi) is 6.04. The third kappa shape index (κ3) is 4.71. The first-order valence-corrected chi connectivity index (χ1v) is 9.98. The monoisotopic (exact) mass is 422 g/mol. The maximum absolute atomic E-state index is 10.9. The second kappa shape index (κ2) is 8.32. The maximum Gasteiger partial charge on any atom is 0.404 e. The molecule has 1 aromatic carbocycles. The maximum atomic E-state index is 10.9. The number of hydrogen-bond acceptors (Lipinski definition) is 8. The normalized spacial score (nSPS) is 16.0. The molecule has 0 spiro atoms. The summed E-state index contributed by atoms with van der Waals surface area (Å²) in [6.45, 7) is 3.93. The molecule has 0 saturated carbocycles. The van der Waals surface area contributed by atoms with Crippen LogP contribution in [-0.2, 0) is 4.74 Å². The minimum absolute atomic E-state index is 0.0930. The largest absolute Gasteiger partial charge is 0.449 e. The molecule has 28 heavy (non-hydrogen) atoms. The molecule has 150 valence electrons. The molecule has 10 heteroatoms. The van der Waals surface area contributed by atoms with Crippen molar-refractivity contribution in [2.75, 3.05) is 36.1 Å². The average molecular weight is 423 g/mol. The number of ether oxygens (including phenoxy) is 1. The molecule has 0 unspecified atom stereocenters. The molecule has 3 rings (SSSR count). The van der Waals surface area contributed by atoms with Crippen LogP contribution >= 0.6 is 23.4 Å². The number of anilines is 3. The summed E-state index contributed by atoms with van der Waals surface area (Å²) in [5.41, 5.74) is 17.5. The van der Waals surface area contributed by atoms with E-state index in [1.807, 2.05) is 12.1 Å². The van der Waals surface area contributed by atoms with Gasteiger partial charge in [0.1, 0.15) is 10.8 Å². The molecule has 1 fully saturated rings. The standard InChI is InChI=1S/C18H23ClN6O2S/c1-18(10-27-17(22)26)5-7-25(8-6-18)13-9-23-16(15(21)24-13)28-12-4-2-3-11(20)14(12)19/h2-4,9H,5-8,10,20H2,1H3,(H2,21,24)(H2,22,26). The number of nitrogens with two attached hydrogens (primary N) is 3. The Bertz CT molecular complexity index is 873. The Hall–Kier alpha value is -2.39. The summed E-state index contributed by atoms with van der Waals surface area (Å²) in [6.07, 6.45) is 2.66. The van der Waals surface area contributed by atoms with E-state index >= 15 is 0 Å². The second-order valence-electron chi connectivity index (χ2n) is 7.09. The average Bonchev–Trinajstić information content (AvgIpc) is 2.66. The predicted octanol–water partition coefficient (Wildman–Crippen LogP) is 3.15. The molecule has 0 bridgehead atoms. The van der Waals surface area contributed by atoms with E-state index in [2.05, 4.69) is 21.8 Å². The minimum atomic E-state index is -0.740. The first-order chi connectivity index (χ1) is 13.3. The number of nitrogens with zero attached hydrogens (tertiary/aromatic N) is 3. The van der Waals surface area contributed by atoms with Crippen LogP contribution in [0.5, 0.6) is 0 Å². The number of aromatic nitrogens is 2. The fraction of sp³-hybridized carbons (Fsp3) is 0.389. The van der Waals surface area contributed by atoms with Gasteiger partial charge in [0.2, 0.25) is 0 Å². The molecule has 0 aliphatic carbocycles. The molecule has 8 nitrogen and oxygen atoms in total. The molecule has 1 aromatic heterocycles. The number of carbonyl (C=O) groups excluding carboxylic acids is 1. The number of carbonyl (C=O) groups is 1. The van der Waals surface area contributed by atoms with Crippen LogP contribution in [0, 0.1) is 5.41 Å². The number of nitrogen functional groups attached to an aromatic ring is 2. The zero-order valence-electron chi connectivity index (χ0n) is 15.5. The quantitative estimate of drug-likeness (QED) is 0.625. The minimum Gasteiger partial charge on any atom is -0.449 e. The fourth-order valence-corrected chi connectivity index (χ4v) is 4.05. The Balaban J connectivity index is 1.66. The Morgan fingerprint density at radius 3 is 2.71 bits per heavy atom. The lowest BCUT2D eigenvalue weighted by molar-refractivity contribution is 0.0818. The van der Waals surface area contributed by atoms with Crippen LogP contribution in [-0.4, -0.2) is 35.8 Å². The van der Waals surface area contributed by atoms with Crippen molar-refractivity contribution in [3.05, 3.63) is 29.4 Å². The summed E-state index contributed by atoms with van der Waals surface area (Å²) in [5, 5.41) is 1.05.